The molecule has 3 heterocycles. The van der Waals surface area contributed by atoms with Crippen molar-refractivity contribution in [3.05, 3.63) is 61.2 Å². The lowest BCUT2D eigenvalue weighted by atomic mass is 9.78. The number of hydrogen-bond donors (Lipinski definition) is 3. The van der Waals surface area contributed by atoms with Crippen LogP contribution in [0.2, 0.25) is 0 Å². The van der Waals surface area contributed by atoms with Gasteiger partial charge in [-0.05, 0) is 29.4 Å². The number of aromatic nitrogens is 2. The van der Waals surface area contributed by atoms with Crippen molar-refractivity contribution in [1.29, 1.82) is 0 Å². The summed E-state index contributed by atoms with van der Waals surface area (Å²) in [6.07, 6.45) is -6.02. The molecule has 0 saturated carbocycles. The third-order valence-corrected chi connectivity index (χ3v) is 7.67. The van der Waals surface area contributed by atoms with Gasteiger partial charge in [-0.15, -0.1) is 0 Å². The van der Waals surface area contributed by atoms with Crippen molar-refractivity contribution in [2.45, 2.75) is 90.2 Å². The van der Waals surface area contributed by atoms with E-state index in [-0.39, 0.29) is 16.9 Å². The van der Waals surface area contributed by atoms with E-state index in [1.54, 1.807) is 47.6 Å². The van der Waals surface area contributed by atoms with Crippen molar-refractivity contribution in [2.75, 3.05) is 6.56 Å². The van der Waals surface area contributed by atoms with Gasteiger partial charge in [-0.25, -0.2) is 18.1 Å². The summed E-state index contributed by atoms with van der Waals surface area (Å²) in [5.74, 6) is -4.83. The molecule has 1 aromatic carbocycles. The van der Waals surface area contributed by atoms with Crippen LogP contribution in [0.1, 0.15) is 72.8 Å². The topological polar surface area (TPSA) is 149 Å². The fourth-order valence-electron chi connectivity index (χ4n) is 4.25. The highest BCUT2D eigenvalue weighted by atomic mass is 31.2. The average Bonchev–Trinajstić information content (AvgIpc) is 3.04. The second-order valence-electron chi connectivity index (χ2n) is 11.7. The zero-order valence-electron chi connectivity index (χ0n) is 24.5. The number of alkyl halides is 1. The quantitative estimate of drug-likeness (QED) is 0.467. The molecule has 0 amide bonds. The number of phosphoric ester groups is 1. The molecule has 39 heavy (non-hydrogen) atoms. The van der Waals surface area contributed by atoms with E-state index in [2.05, 4.69) is 0 Å². The first-order valence-corrected chi connectivity index (χ1v) is 13.5. The Kier molecular flexibility index (Phi) is 6.60. The smallest absolute Gasteiger partial charge is 0.403 e. The van der Waals surface area contributed by atoms with Crippen LogP contribution in [-0.2, 0) is 35.8 Å². The zero-order chi connectivity index (χ0) is 31.1. The van der Waals surface area contributed by atoms with Crippen LogP contribution in [0.5, 0.6) is 5.75 Å². The number of aromatic amines is 1. The van der Waals surface area contributed by atoms with E-state index in [4.69, 9.17) is 21.0 Å². The molecular weight excluding hydrogens is 541 g/mol. The summed E-state index contributed by atoms with van der Waals surface area (Å²) < 4.78 is 82.7. The Morgan fingerprint density at radius 3 is 2.44 bits per heavy atom. The van der Waals surface area contributed by atoms with Gasteiger partial charge in [-0.3, -0.25) is 23.4 Å². The second kappa shape index (κ2) is 9.60. The van der Waals surface area contributed by atoms with Gasteiger partial charge in [-0.1, -0.05) is 41.5 Å². The first kappa shape index (κ1) is 26.8. The standard InChI is InChI=1S/C25H33F2N2O9P/c1-12-9-29(22(33)28-20(12)32)21-17(30)19(31)25(27,37-21)11-36-39(34)35-10-13-16(26)14(23(2,3)4)8-15(18(13)38-39)24(5,6)7/h8-9,17,19,21,30-31H,10-11H2,1-7H3,(H,28,32,33)/t17-,19+,21-,25-,39?/m1/s1/i11D2. The number of aliphatic hydroxyl groups is 2. The van der Waals surface area contributed by atoms with Gasteiger partial charge in [0.25, 0.3) is 11.4 Å². The SMILES string of the molecule is [2H]C([2H])(OP1(=O)OCc2c(F)c(C(C)(C)C)cc(C(C)(C)C)c2O1)[C@@]1(F)O[C@@H](n2cc(C)c(=O)[nH]c2=O)[C@H](O)[C@@H]1O. The number of benzene rings is 1. The molecule has 5 atom stereocenters. The van der Waals surface area contributed by atoms with Crippen LogP contribution in [-0.4, -0.2) is 44.4 Å². The molecule has 0 radical (unpaired) electrons. The summed E-state index contributed by atoms with van der Waals surface area (Å²) in [5.41, 5.74) is -2.62. The van der Waals surface area contributed by atoms with Gasteiger partial charge < -0.3 is 19.5 Å². The third kappa shape index (κ3) is 5.36. The van der Waals surface area contributed by atoms with Crippen molar-refractivity contribution < 1.29 is 44.6 Å². The Morgan fingerprint density at radius 1 is 1.23 bits per heavy atom. The lowest BCUT2D eigenvalue weighted by molar-refractivity contribution is -0.205. The molecule has 1 saturated heterocycles. The number of ether oxygens (including phenoxy) is 1. The molecule has 1 unspecified atom stereocenters. The van der Waals surface area contributed by atoms with Crippen LogP contribution in [0.3, 0.4) is 0 Å². The molecule has 2 aliphatic rings. The molecule has 11 nitrogen and oxygen atoms in total. The Bertz CT molecular complexity index is 1550. The van der Waals surface area contributed by atoms with Crippen molar-refractivity contribution in [3.8, 4) is 5.75 Å². The van der Waals surface area contributed by atoms with Crippen molar-refractivity contribution in [3.63, 3.8) is 0 Å². The predicted molar refractivity (Wildman–Crippen MR) is 135 cm³/mol. The van der Waals surface area contributed by atoms with Crippen LogP contribution >= 0.6 is 7.82 Å². The van der Waals surface area contributed by atoms with Gasteiger partial charge in [0.05, 0.1) is 14.9 Å². The lowest BCUT2D eigenvalue weighted by Crippen LogP contribution is -2.43. The van der Waals surface area contributed by atoms with E-state index < -0.39 is 73.2 Å². The fraction of sp³-hybridized carbons (Fsp3) is 0.600. The fourth-order valence-corrected chi connectivity index (χ4v) is 5.35. The number of hydrogen-bond acceptors (Lipinski definition) is 9. The lowest BCUT2D eigenvalue weighted by Gasteiger charge is -2.34. The molecule has 4 rings (SSSR count). The molecule has 0 bridgehead atoms. The van der Waals surface area contributed by atoms with Crippen LogP contribution in [0.4, 0.5) is 8.78 Å². The molecule has 14 heteroatoms. The van der Waals surface area contributed by atoms with Crippen molar-refractivity contribution in [1.82, 2.24) is 9.55 Å². The second-order valence-corrected chi connectivity index (χ2v) is 13.2. The zero-order valence-corrected chi connectivity index (χ0v) is 23.4. The molecule has 216 valence electrons. The number of aryl methyl sites for hydroxylation is 1. The number of phosphoric acid groups is 1. The number of fused-ring (bicyclic) bond motifs is 1. The maximum atomic E-state index is 16.1. The van der Waals surface area contributed by atoms with Gasteiger partial charge in [0.2, 0.25) is 0 Å². The molecule has 0 aliphatic carbocycles. The van der Waals surface area contributed by atoms with Gasteiger partial charge in [0, 0.05) is 17.3 Å². The van der Waals surface area contributed by atoms with Crippen LogP contribution in [0, 0.1) is 12.7 Å². The van der Waals surface area contributed by atoms with Gasteiger partial charge in [0.15, 0.2) is 6.23 Å². The number of H-pyrrole nitrogens is 1. The predicted octanol–water partition coefficient (Wildman–Crippen LogP) is 3.23. The Labute approximate surface area is 226 Å². The summed E-state index contributed by atoms with van der Waals surface area (Å²) in [6.45, 7) is 7.56. The van der Waals surface area contributed by atoms with Crippen LogP contribution < -0.4 is 15.8 Å². The summed E-state index contributed by atoms with van der Waals surface area (Å²) in [7, 11) is -5.07. The highest BCUT2D eigenvalue weighted by molar-refractivity contribution is 7.49. The van der Waals surface area contributed by atoms with Crippen molar-refractivity contribution >= 4 is 7.82 Å². The minimum atomic E-state index is -5.07. The number of nitrogens with zero attached hydrogens (tertiary/aromatic N) is 1. The molecule has 2 aliphatic heterocycles. The number of halogens is 2. The normalized spacial score (nSPS) is 30.4. The minimum absolute atomic E-state index is 0.0332. The van der Waals surface area contributed by atoms with E-state index >= 15 is 8.78 Å². The Balaban J connectivity index is 1.71. The largest absolute Gasteiger partial charge is 0.530 e. The molecule has 1 aromatic heterocycles. The number of aliphatic hydroxyl groups excluding tert-OH is 2. The number of nitrogens with one attached hydrogen (secondary N) is 1. The third-order valence-electron chi connectivity index (χ3n) is 6.50. The summed E-state index contributed by atoms with van der Waals surface area (Å²) in [5, 5.41) is 21.0. The monoisotopic (exact) mass is 576 g/mol. The van der Waals surface area contributed by atoms with Gasteiger partial charge >= 0.3 is 13.5 Å². The minimum Gasteiger partial charge on any atom is -0.403 e. The van der Waals surface area contributed by atoms with Crippen LogP contribution in [0.25, 0.3) is 0 Å². The van der Waals surface area contributed by atoms with E-state index in [0.29, 0.717) is 15.7 Å². The molecule has 0 spiro atoms. The number of rotatable bonds is 4. The van der Waals surface area contributed by atoms with Crippen molar-refractivity contribution in [2.24, 2.45) is 0 Å². The van der Waals surface area contributed by atoms with Gasteiger partial charge in [-0.2, -0.15) is 0 Å². The van der Waals surface area contributed by atoms with Crippen LogP contribution in [0.15, 0.2) is 21.9 Å². The maximum Gasteiger partial charge on any atom is 0.530 e. The Morgan fingerprint density at radius 2 is 1.85 bits per heavy atom. The first-order chi connectivity index (χ1) is 18.5. The molecular formula is C25H33F2N2O9P. The Hall–Kier alpha value is -2.41. The molecule has 2 aromatic rings. The highest BCUT2D eigenvalue weighted by Gasteiger charge is 2.58. The molecule has 3 N–H and O–H groups in total. The highest BCUT2D eigenvalue weighted by Crippen LogP contribution is 2.58. The summed E-state index contributed by atoms with van der Waals surface area (Å²) in [6, 6.07) is 1.55. The average molecular weight is 577 g/mol. The summed E-state index contributed by atoms with van der Waals surface area (Å²) in [4.78, 5) is 25.9. The van der Waals surface area contributed by atoms with E-state index in [9.17, 15) is 24.4 Å². The van der Waals surface area contributed by atoms with E-state index in [0.717, 1.165) is 6.20 Å². The van der Waals surface area contributed by atoms with E-state index in [1.807, 2.05) is 4.98 Å². The van der Waals surface area contributed by atoms with E-state index in [1.165, 1.54) is 6.92 Å². The maximum absolute atomic E-state index is 16.1. The first-order valence-electron chi connectivity index (χ1n) is 13.1. The van der Waals surface area contributed by atoms with Gasteiger partial charge in [0.1, 0.15) is 30.3 Å². The summed E-state index contributed by atoms with van der Waals surface area (Å²) >= 11 is 0. The molecule has 1 fully saturated rings.